The fraction of sp³-hybridized carbons (Fsp3) is 0.219. The highest BCUT2D eigenvalue weighted by Crippen LogP contribution is 2.36. The zero-order valence-electron chi connectivity index (χ0n) is 23.0. The van der Waals surface area contributed by atoms with E-state index in [0.717, 1.165) is 29.0 Å². The molecule has 0 saturated heterocycles. The fourth-order valence-electron chi connectivity index (χ4n) is 3.22. The summed E-state index contributed by atoms with van der Waals surface area (Å²) in [6, 6.07) is 18.1. The maximum Gasteiger partial charge on any atom is 0.416 e. The third kappa shape index (κ3) is 10.9. The number of benzene rings is 3. The van der Waals surface area contributed by atoms with E-state index in [1.807, 2.05) is 94.5 Å². The van der Waals surface area contributed by atoms with Gasteiger partial charge in [0.25, 0.3) is 0 Å². The summed E-state index contributed by atoms with van der Waals surface area (Å²) in [6.07, 6.45) is 2.18. The number of alkyl halides is 3. The van der Waals surface area contributed by atoms with Crippen molar-refractivity contribution in [2.75, 3.05) is 12.4 Å². The van der Waals surface area contributed by atoms with Crippen molar-refractivity contribution in [2.45, 2.75) is 40.8 Å². The number of aliphatic hydroxyl groups is 1. The summed E-state index contributed by atoms with van der Waals surface area (Å²) >= 11 is 0. The van der Waals surface area contributed by atoms with Gasteiger partial charge in [-0.05, 0) is 55.2 Å². The minimum Gasteiger partial charge on any atom is -0.508 e. The highest BCUT2D eigenvalue weighted by Gasteiger charge is 2.33. The van der Waals surface area contributed by atoms with E-state index in [1.165, 1.54) is 25.6 Å². The third-order valence-electron chi connectivity index (χ3n) is 5.17. The summed E-state index contributed by atoms with van der Waals surface area (Å²) in [5.74, 6) is -0.387. The van der Waals surface area contributed by atoms with Crippen molar-refractivity contribution in [2.24, 2.45) is 0 Å². The molecule has 3 aromatic rings. The molecule has 0 unspecified atom stereocenters. The third-order valence-corrected chi connectivity index (χ3v) is 5.17. The van der Waals surface area contributed by atoms with Crippen LogP contribution in [0.4, 0.5) is 18.9 Å². The van der Waals surface area contributed by atoms with Crippen molar-refractivity contribution in [3.8, 4) is 0 Å². The number of nitrogens with one attached hydrogen (secondary N) is 1. The van der Waals surface area contributed by atoms with Crippen molar-refractivity contribution in [1.29, 1.82) is 0 Å². The average Bonchev–Trinajstić information content (AvgIpc) is 2.91. The Morgan fingerprint density at radius 2 is 1.61 bits per heavy atom. The molecule has 0 bridgehead atoms. The van der Waals surface area contributed by atoms with Crippen molar-refractivity contribution in [1.82, 2.24) is 0 Å². The summed E-state index contributed by atoms with van der Waals surface area (Å²) in [5.41, 5.74) is 3.79. The van der Waals surface area contributed by atoms with Gasteiger partial charge < -0.3 is 10.4 Å². The summed E-state index contributed by atoms with van der Waals surface area (Å²) < 4.78 is 38.0. The molecule has 0 radical (unpaired) electrons. The molecule has 2 N–H and O–H groups in total. The molecule has 0 spiro atoms. The number of aldehydes is 1. The van der Waals surface area contributed by atoms with E-state index in [4.69, 9.17) is 5.11 Å². The fourth-order valence-corrected chi connectivity index (χ4v) is 3.22. The first-order valence-corrected chi connectivity index (χ1v) is 12.1. The minimum absolute atomic E-state index is 0.0577. The number of anilines is 1. The summed E-state index contributed by atoms with van der Waals surface area (Å²) in [4.78, 5) is 10.6. The molecule has 0 aliphatic rings. The number of carbonyl (C=O) groups excluding carboxylic acids is 1. The first-order chi connectivity index (χ1) is 18.0. The zero-order chi connectivity index (χ0) is 29.3. The smallest absolute Gasteiger partial charge is 0.416 e. The number of rotatable bonds is 5. The first-order valence-electron chi connectivity index (χ1n) is 12.1. The SMILES string of the molecule is C/C=C\c1c(C)cccc1C=O.C=C(O)c1cc(NC)c(C)c(C(F)(F)F)c1.C=Cc1ccccc1.CC. The highest BCUT2D eigenvalue weighted by molar-refractivity contribution is 5.82. The van der Waals surface area contributed by atoms with Crippen LogP contribution in [0.2, 0.25) is 0 Å². The summed E-state index contributed by atoms with van der Waals surface area (Å²) in [7, 11) is 1.52. The van der Waals surface area contributed by atoms with Gasteiger partial charge in [-0.2, -0.15) is 13.2 Å². The van der Waals surface area contributed by atoms with Crippen LogP contribution in [0.15, 0.2) is 79.9 Å². The molecular weight excluding hydrogens is 487 g/mol. The molecular formula is C32H38F3NO2. The van der Waals surface area contributed by atoms with Gasteiger partial charge in [-0.15, -0.1) is 0 Å². The largest absolute Gasteiger partial charge is 0.508 e. The maximum absolute atomic E-state index is 12.7. The second-order valence-electron chi connectivity index (χ2n) is 7.70. The number of hydrogen-bond donors (Lipinski definition) is 2. The van der Waals surface area contributed by atoms with Gasteiger partial charge in [-0.1, -0.05) is 93.8 Å². The molecule has 0 saturated carbocycles. The van der Waals surface area contributed by atoms with Crippen molar-refractivity contribution >= 4 is 29.9 Å². The van der Waals surface area contributed by atoms with Crippen LogP contribution in [0.3, 0.4) is 0 Å². The Bertz CT molecular complexity index is 1200. The van der Waals surface area contributed by atoms with Crippen molar-refractivity contribution in [3.63, 3.8) is 0 Å². The van der Waals surface area contributed by atoms with Gasteiger partial charge in [0, 0.05) is 23.9 Å². The van der Waals surface area contributed by atoms with Gasteiger partial charge in [-0.25, -0.2) is 0 Å². The molecule has 0 aliphatic carbocycles. The van der Waals surface area contributed by atoms with Crippen LogP contribution in [-0.2, 0) is 6.18 Å². The van der Waals surface area contributed by atoms with Crippen LogP contribution >= 0.6 is 0 Å². The number of aliphatic hydroxyl groups excluding tert-OH is 1. The lowest BCUT2D eigenvalue weighted by molar-refractivity contribution is -0.138. The Hall–Kier alpha value is -4.06. The van der Waals surface area contributed by atoms with Gasteiger partial charge in [0.2, 0.25) is 0 Å². The normalized spacial score (nSPS) is 10.0. The van der Waals surface area contributed by atoms with Gasteiger partial charge >= 0.3 is 6.18 Å². The molecule has 204 valence electrons. The highest BCUT2D eigenvalue weighted by atomic mass is 19.4. The van der Waals surface area contributed by atoms with Gasteiger partial charge in [0.05, 0.1) is 5.56 Å². The Kier molecular flexibility index (Phi) is 15.5. The maximum atomic E-state index is 12.7. The monoisotopic (exact) mass is 525 g/mol. The van der Waals surface area contributed by atoms with Crippen LogP contribution < -0.4 is 5.32 Å². The topological polar surface area (TPSA) is 49.3 Å². The Morgan fingerprint density at radius 1 is 1.00 bits per heavy atom. The lowest BCUT2D eigenvalue weighted by Crippen LogP contribution is -2.10. The van der Waals surface area contributed by atoms with E-state index in [9.17, 15) is 18.0 Å². The van der Waals surface area contributed by atoms with Crippen LogP contribution in [0, 0.1) is 13.8 Å². The Morgan fingerprint density at radius 3 is 2.03 bits per heavy atom. The molecule has 38 heavy (non-hydrogen) atoms. The van der Waals surface area contributed by atoms with E-state index in [0.29, 0.717) is 5.69 Å². The van der Waals surface area contributed by atoms with Crippen LogP contribution in [0.1, 0.15) is 64.5 Å². The van der Waals surface area contributed by atoms with Crippen molar-refractivity contribution in [3.05, 3.63) is 119 Å². The molecule has 3 aromatic carbocycles. The molecule has 0 aromatic heterocycles. The second kappa shape index (κ2) is 17.4. The lowest BCUT2D eigenvalue weighted by atomic mass is 10.0. The molecule has 3 rings (SSSR count). The molecule has 0 amide bonds. The van der Waals surface area contributed by atoms with Crippen LogP contribution in [-0.4, -0.2) is 18.4 Å². The van der Waals surface area contributed by atoms with Gasteiger partial charge in [0.1, 0.15) is 5.76 Å². The number of hydrogen-bond acceptors (Lipinski definition) is 3. The van der Waals surface area contributed by atoms with Crippen LogP contribution in [0.25, 0.3) is 17.9 Å². The quantitative estimate of drug-likeness (QED) is 0.257. The average molecular weight is 526 g/mol. The minimum atomic E-state index is -4.44. The Balaban J connectivity index is 0.000000549. The van der Waals surface area contributed by atoms with Gasteiger partial charge in [0.15, 0.2) is 6.29 Å². The molecule has 6 heteroatoms. The molecule has 0 atom stereocenters. The molecule has 0 fully saturated rings. The number of halogens is 3. The lowest BCUT2D eigenvalue weighted by Gasteiger charge is -2.15. The Labute approximate surface area is 225 Å². The summed E-state index contributed by atoms with van der Waals surface area (Å²) in [5, 5.41) is 11.8. The molecule has 3 nitrogen and oxygen atoms in total. The zero-order valence-corrected chi connectivity index (χ0v) is 23.0. The molecule has 0 heterocycles. The second-order valence-corrected chi connectivity index (χ2v) is 7.70. The van der Waals surface area contributed by atoms with E-state index >= 15 is 0 Å². The number of allylic oxidation sites excluding steroid dienone is 1. The number of carbonyl (C=O) groups is 1. The predicted octanol–water partition coefficient (Wildman–Crippen LogP) is 9.78. The summed E-state index contributed by atoms with van der Waals surface area (Å²) in [6.45, 7) is 16.2. The predicted molar refractivity (Wildman–Crippen MR) is 157 cm³/mol. The van der Waals surface area contributed by atoms with E-state index < -0.39 is 11.7 Å². The van der Waals surface area contributed by atoms with E-state index in [2.05, 4.69) is 18.5 Å². The van der Waals surface area contributed by atoms with Gasteiger partial charge in [-0.3, -0.25) is 4.79 Å². The number of aryl methyl sites for hydroxylation is 1. The van der Waals surface area contributed by atoms with Crippen LogP contribution in [0.5, 0.6) is 0 Å². The van der Waals surface area contributed by atoms with E-state index in [1.54, 1.807) is 0 Å². The van der Waals surface area contributed by atoms with Crippen molar-refractivity contribution < 1.29 is 23.1 Å². The molecule has 0 aliphatic heterocycles. The standard InChI is InChI=1S/C11H12F3NO.C11H12O.C8H8.C2H6/c1-6-9(11(12,13)14)4-8(7(2)16)5-10(6)15-3;1-3-5-11-9(2)6-4-7-10(11)8-12;1-2-8-6-4-3-5-7-8;1-2/h4-5,15-16H,2H2,1,3H3;3-8H,1-2H3;2-7H,1H2;1-2H3/b;5-3-;;. The van der Waals surface area contributed by atoms with E-state index in [-0.39, 0.29) is 16.9 Å². The first kappa shape index (κ1) is 33.9.